The van der Waals surface area contributed by atoms with Crippen LogP contribution in [0.4, 0.5) is 0 Å². The van der Waals surface area contributed by atoms with Gasteiger partial charge in [0.25, 0.3) is 0 Å². The number of hydrogen-bond donors (Lipinski definition) is 1. The molecular weight excluding hydrogens is 180 g/mol. The molecule has 82 valence electrons. The molecule has 0 amide bonds. The molecule has 1 heterocycles. The van der Waals surface area contributed by atoms with Gasteiger partial charge in [-0.15, -0.1) is 0 Å². The normalized spacial score (nSPS) is 23.1. The minimum Gasteiger partial charge on any atom is -0.396 e. The molecule has 0 aromatic heterocycles. The molecule has 3 heteroatoms. The fourth-order valence-electron chi connectivity index (χ4n) is 1.42. The van der Waals surface area contributed by atoms with Gasteiger partial charge in [0.2, 0.25) is 0 Å². The summed E-state index contributed by atoms with van der Waals surface area (Å²) in [6.45, 7) is 1.78. The lowest BCUT2D eigenvalue weighted by Crippen LogP contribution is -2.22. The lowest BCUT2D eigenvalue weighted by Gasteiger charge is -2.22. The number of aliphatic hydroxyl groups is 1. The SMILES string of the molecule is OCC/C=C\CCO[C@H]1CCCCO1. The molecule has 0 unspecified atom stereocenters. The number of aliphatic hydroxyl groups excluding tert-OH is 1. The Morgan fingerprint density at radius 2 is 2.14 bits per heavy atom. The minimum atomic E-state index is 0.0231. The highest BCUT2D eigenvalue weighted by Crippen LogP contribution is 2.13. The number of rotatable bonds is 6. The van der Waals surface area contributed by atoms with Crippen molar-refractivity contribution in [1.82, 2.24) is 0 Å². The molecule has 1 fully saturated rings. The molecule has 1 rings (SSSR count). The highest BCUT2D eigenvalue weighted by atomic mass is 16.7. The van der Waals surface area contributed by atoms with Gasteiger partial charge < -0.3 is 14.6 Å². The molecule has 0 aromatic rings. The van der Waals surface area contributed by atoms with Crippen LogP contribution in [-0.4, -0.2) is 31.2 Å². The number of hydrogen-bond acceptors (Lipinski definition) is 3. The van der Waals surface area contributed by atoms with Crippen molar-refractivity contribution < 1.29 is 14.6 Å². The Labute approximate surface area is 85.7 Å². The third kappa shape index (κ3) is 5.37. The first-order chi connectivity index (χ1) is 6.93. The molecule has 3 nitrogen and oxygen atoms in total. The van der Waals surface area contributed by atoms with E-state index in [0.29, 0.717) is 6.61 Å². The Balaban J connectivity index is 1.92. The molecule has 1 N–H and O–H groups in total. The standard InChI is InChI=1S/C11H20O3/c12-8-4-1-2-5-9-13-11-7-3-6-10-14-11/h1-2,11-12H,3-10H2/b2-1-/t11-/m1/s1. The van der Waals surface area contributed by atoms with E-state index in [1.165, 1.54) is 6.42 Å². The zero-order valence-electron chi connectivity index (χ0n) is 8.65. The van der Waals surface area contributed by atoms with Crippen LogP contribution in [-0.2, 0) is 9.47 Å². The second kappa shape index (κ2) is 7.97. The van der Waals surface area contributed by atoms with Crippen LogP contribution in [0.3, 0.4) is 0 Å². The second-order valence-electron chi connectivity index (χ2n) is 3.44. The summed E-state index contributed by atoms with van der Waals surface area (Å²) in [5.41, 5.74) is 0. The predicted octanol–water partition coefficient (Wildman–Crippen LogP) is 1.86. The molecule has 14 heavy (non-hydrogen) atoms. The van der Waals surface area contributed by atoms with E-state index in [1.54, 1.807) is 0 Å². The van der Waals surface area contributed by atoms with Gasteiger partial charge in [0.15, 0.2) is 6.29 Å². The first-order valence-corrected chi connectivity index (χ1v) is 5.42. The second-order valence-corrected chi connectivity index (χ2v) is 3.44. The fraction of sp³-hybridized carbons (Fsp3) is 0.818. The van der Waals surface area contributed by atoms with Crippen molar-refractivity contribution in [3.63, 3.8) is 0 Å². The van der Waals surface area contributed by atoms with Crippen LogP contribution in [0.15, 0.2) is 12.2 Å². The van der Waals surface area contributed by atoms with Crippen LogP contribution in [0, 0.1) is 0 Å². The Bertz CT molecular complexity index is 151. The summed E-state index contributed by atoms with van der Waals surface area (Å²) in [7, 11) is 0. The van der Waals surface area contributed by atoms with Gasteiger partial charge in [-0.25, -0.2) is 0 Å². The smallest absolute Gasteiger partial charge is 0.157 e. The molecule has 1 saturated heterocycles. The highest BCUT2D eigenvalue weighted by molar-refractivity contribution is 4.80. The lowest BCUT2D eigenvalue weighted by atomic mass is 10.2. The van der Waals surface area contributed by atoms with Gasteiger partial charge in [-0.1, -0.05) is 12.2 Å². The Morgan fingerprint density at radius 3 is 2.86 bits per heavy atom. The Kier molecular flexibility index (Phi) is 6.66. The Hall–Kier alpha value is -0.380. The number of ether oxygens (including phenoxy) is 2. The maximum Gasteiger partial charge on any atom is 0.157 e. The van der Waals surface area contributed by atoms with Crippen molar-refractivity contribution in [2.75, 3.05) is 19.8 Å². The van der Waals surface area contributed by atoms with Crippen molar-refractivity contribution in [2.45, 2.75) is 38.4 Å². The fourth-order valence-corrected chi connectivity index (χ4v) is 1.42. The van der Waals surface area contributed by atoms with Gasteiger partial charge in [-0.2, -0.15) is 0 Å². The third-order valence-electron chi connectivity index (χ3n) is 2.19. The van der Waals surface area contributed by atoms with Crippen LogP contribution >= 0.6 is 0 Å². The topological polar surface area (TPSA) is 38.7 Å². The molecule has 1 atom stereocenters. The molecule has 0 bridgehead atoms. The zero-order chi connectivity index (χ0) is 10.1. The largest absolute Gasteiger partial charge is 0.396 e. The van der Waals surface area contributed by atoms with Crippen molar-refractivity contribution >= 4 is 0 Å². The van der Waals surface area contributed by atoms with E-state index in [2.05, 4.69) is 0 Å². The first-order valence-electron chi connectivity index (χ1n) is 5.42. The lowest BCUT2D eigenvalue weighted by molar-refractivity contribution is -0.161. The summed E-state index contributed by atoms with van der Waals surface area (Å²) >= 11 is 0. The van der Waals surface area contributed by atoms with Gasteiger partial charge in [-0.05, 0) is 32.1 Å². The van der Waals surface area contributed by atoms with Gasteiger partial charge in [0.05, 0.1) is 6.61 Å². The van der Waals surface area contributed by atoms with Crippen LogP contribution in [0.25, 0.3) is 0 Å². The highest BCUT2D eigenvalue weighted by Gasteiger charge is 2.12. The Morgan fingerprint density at radius 1 is 1.29 bits per heavy atom. The summed E-state index contributed by atoms with van der Waals surface area (Å²) in [5, 5.41) is 8.52. The van der Waals surface area contributed by atoms with E-state index in [9.17, 15) is 0 Å². The molecule has 1 aliphatic rings. The average molecular weight is 200 g/mol. The van der Waals surface area contributed by atoms with E-state index < -0.39 is 0 Å². The van der Waals surface area contributed by atoms with Crippen LogP contribution < -0.4 is 0 Å². The minimum absolute atomic E-state index is 0.0231. The summed E-state index contributed by atoms with van der Waals surface area (Å²) in [4.78, 5) is 0. The molecule has 0 aromatic carbocycles. The summed E-state index contributed by atoms with van der Waals surface area (Å²) < 4.78 is 10.9. The van der Waals surface area contributed by atoms with Crippen molar-refractivity contribution in [3.8, 4) is 0 Å². The van der Waals surface area contributed by atoms with Crippen LogP contribution in [0.2, 0.25) is 0 Å². The predicted molar refractivity (Wildman–Crippen MR) is 55.0 cm³/mol. The van der Waals surface area contributed by atoms with Gasteiger partial charge in [0.1, 0.15) is 0 Å². The zero-order valence-corrected chi connectivity index (χ0v) is 8.65. The van der Waals surface area contributed by atoms with E-state index in [4.69, 9.17) is 14.6 Å². The maximum atomic E-state index is 8.52. The van der Waals surface area contributed by atoms with Crippen LogP contribution in [0.5, 0.6) is 0 Å². The summed E-state index contributed by atoms with van der Waals surface area (Å²) in [6, 6.07) is 0. The average Bonchev–Trinajstić information content (AvgIpc) is 2.25. The van der Waals surface area contributed by atoms with Gasteiger partial charge in [0, 0.05) is 13.2 Å². The molecule has 0 spiro atoms. The van der Waals surface area contributed by atoms with E-state index in [-0.39, 0.29) is 12.9 Å². The monoisotopic (exact) mass is 200 g/mol. The van der Waals surface area contributed by atoms with Crippen molar-refractivity contribution in [1.29, 1.82) is 0 Å². The van der Waals surface area contributed by atoms with E-state index in [0.717, 1.165) is 32.3 Å². The van der Waals surface area contributed by atoms with E-state index >= 15 is 0 Å². The summed E-state index contributed by atoms with van der Waals surface area (Å²) in [6.07, 6.45) is 9.08. The molecule has 1 aliphatic heterocycles. The molecule has 0 radical (unpaired) electrons. The molecular formula is C11H20O3. The van der Waals surface area contributed by atoms with Crippen molar-refractivity contribution in [3.05, 3.63) is 12.2 Å². The third-order valence-corrected chi connectivity index (χ3v) is 2.19. The van der Waals surface area contributed by atoms with Gasteiger partial charge in [-0.3, -0.25) is 0 Å². The van der Waals surface area contributed by atoms with Crippen LogP contribution in [0.1, 0.15) is 32.1 Å². The molecule has 0 saturated carbocycles. The molecule has 0 aliphatic carbocycles. The van der Waals surface area contributed by atoms with Gasteiger partial charge >= 0.3 is 0 Å². The quantitative estimate of drug-likeness (QED) is 0.525. The first kappa shape index (κ1) is 11.7. The van der Waals surface area contributed by atoms with Crippen molar-refractivity contribution in [2.24, 2.45) is 0 Å². The maximum absolute atomic E-state index is 8.52. The summed E-state index contributed by atoms with van der Waals surface area (Å²) in [5.74, 6) is 0. The van der Waals surface area contributed by atoms with E-state index in [1.807, 2.05) is 12.2 Å².